The molecule has 132 valence electrons. The van der Waals surface area contributed by atoms with Gasteiger partial charge in [-0.05, 0) is 13.0 Å². The van der Waals surface area contributed by atoms with Crippen LogP contribution < -0.4 is 9.47 Å². The number of benzene rings is 1. The van der Waals surface area contributed by atoms with Crippen molar-refractivity contribution >= 4 is 5.97 Å². The molecule has 3 heterocycles. The van der Waals surface area contributed by atoms with Gasteiger partial charge >= 0.3 is 5.97 Å². The summed E-state index contributed by atoms with van der Waals surface area (Å²) in [5.74, 6) is 0.402. The van der Waals surface area contributed by atoms with Gasteiger partial charge in [0.05, 0.1) is 7.11 Å². The Kier molecular flexibility index (Phi) is 3.64. The standard InChI is InChI=1S/C17H19N3O5/c1-10-14(19-25-18-10)7-20-6-13-12-4-3-11(23-2)5-15(12)24-9-17(13,8-20)16(21)22/h3-5,13H,6-9H2,1-2H3,(H,21,22). The SMILES string of the molecule is COc1ccc2c(c1)OCC1(C(=O)O)CN(Cc3nonc3C)CC21. The summed E-state index contributed by atoms with van der Waals surface area (Å²) in [5.41, 5.74) is 1.40. The lowest BCUT2D eigenvalue weighted by Gasteiger charge is -2.36. The van der Waals surface area contributed by atoms with Gasteiger partial charge in [-0.2, -0.15) is 0 Å². The first-order valence-corrected chi connectivity index (χ1v) is 8.08. The van der Waals surface area contributed by atoms with Crippen LogP contribution in [0.3, 0.4) is 0 Å². The normalized spacial score (nSPS) is 25.1. The first-order valence-electron chi connectivity index (χ1n) is 8.08. The van der Waals surface area contributed by atoms with E-state index < -0.39 is 11.4 Å². The van der Waals surface area contributed by atoms with E-state index in [-0.39, 0.29) is 12.5 Å². The average Bonchev–Trinajstić information content (AvgIpc) is 3.19. The number of aryl methyl sites for hydroxylation is 1. The fraction of sp³-hybridized carbons (Fsp3) is 0.471. The number of hydrogen-bond acceptors (Lipinski definition) is 7. The van der Waals surface area contributed by atoms with Crippen molar-refractivity contribution in [3.05, 3.63) is 35.2 Å². The molecule has 1 aromatic carbocycles. The van der Waals surface area contributed by atoms with Gasteiger partial charge in [0.1, 0.15) is 34.9 Å². The largest absolute Gasteiger partial charge is 0.497 e. The molecule has 2 unspecified atom stereocenters. The van der Waals surface area contributed by atoms with Gasteiger partial charge in [-0.15, -0.1) is 0 Å². The molecule has 8 heteroatoms. The van der Waals surface area contributed by atoms with E-state index >= 15 is 0 Å². The minimum Gasteiger partial charge on any atom is -0.497 e. The molecular formula is C17H19N3O5. The van der Waals surface area contributed by atoms with Gasteiger partial charge in [-0.1, -0.05) is 16.4 Å². The van der Waals surface area contributed by atoms with E-state index in [0.717, 1.165) is 17.0 Å². The van der Waals surface area contributed by atoms with Crippen LogP contribution in [0.15, 0.2) is 22.8 Å². The number of hydrogen-bond donors (Lipinski definition) is 1. The summed E-state index contributed by atoms with van der Waals surface area (Å²) in [6.07, 6.45) is 0. The highest BCUT2D eigenvalue weighted by Gasteiger charge is 2.56. The lowest BCUT2D eigenvalue weighted by atomic mass is 9.73. The van der Waals surface area contributed by atoms with Crippen molar-refractivity contribution in [3.63, 3.8) is 0 Å². The number of methoxy groups -OCH3 is 1. The van der Waals surface area contributed by atoms with Gasteiger partial charge in [-0.3, -0.25) is 9.69 Å². The fourth-order valence-electron chi connectivity index (χ4n) is 3.81. The first-order chi connectivity index (χ1) is 12.0. The molecule has 0 spiro atoms. The zero-order valence-corrected chi connectivity index (χ0v) is 14.1. The van der Waals surface area contributed by atoms with E-state index in [0.29, 0.717) is 31.1 Å². The molecule has 0 bridgehead atoms. The Morgan fingerprint density at radius 1 is 1.48 bits per heavy atom. The average molecular weight is 345 g/mol. The number of carboxylic acid groups (broad SMARTS) is 1. The Bertz CT molecular complexity index is 820. The minimum atomic E-state index is -0.966. The van der Waals surface area contributed by atoms with Crippen molar-refractivity contribution in [1.29, 1.82) is 0 Å². The molecule has 25 heavy (non-hydrogen) atoms. The molecule has 8 nitrogen and oxygen atoms in total. The predicted octanol–water partition coefficient (Wildman–Crippen LogP) is 1.45. The van der Waals surface area contributed by atoms with Crippen LogP contribution in [-0.4, -0.2) is 53.1 Å². The van der Waals surface area contributed by atoms with Gasteiger partial charge in [0.2, 0.25) is 0 Å². The van der Waals surface area contributed by atoms with Crippen molar-refractivity contribution < 1.29 is 24.0 Å². The maximum Gasteiger partial charge on any atom is 0.315 e. The number of rotatable bonds is 4. The monoisotopic (exact) mass is 345 g/mol. The summed E-state index contributed by atoms with van der Waals surface area (Å²) in [4.78, 5) is 14.2. The van der Waals surface area contributed by atoms with Gasteiger partial charge in [0.15, 0.2) is 0 Å². The van der Waals surface area contributed by atoms with E-state index in [4.69, 9.17) is 14.1 Å². The van der Waals surface area contributed by atoms with Crippen LogP contribution in [0.4, 0.5) is 0 Å². The zero-order chi connectivity index (χ0) is 17.6. The summed E-state index contributed by atoms with van der Waals surface area (Å²) in [7, 11) is 1.59. The van der Waals surface area contributed by atoms with E-state index in [2.05, 4.69) is 15.2 Å². The van der Waals surface area contributed by atoms with Gasteiger partial charge in [0, 0.05) is 37.2 Å². The molecule has 0 amide bonds. The third-order valence-corrected chi connectivity index (χ3v) is 5.24. The maximum absolute atomic E-state index is 12.1. The van der Waals surface area contributed by atoms with Crippen molar-refractivity contribution in [2.24, 2.45) is 5.41 Å². The topological polar surface area (TPSA) is 97.9 Å². The number of carbonyl (C=O) groups is 1. The van der Waals surface area contributed by atoms with Gasteiger partial charge < -0.3 is 14.6 Å². The van der Waals surface area contributed by atoms with E-state index in [1.807, 2.05) is 25.1 Å². The van der Waals surface area contributed by atoms with Crippen LogP contribution in [0, 0.1) is 12.3 Å². The molecule has 2 aromatic rings. The Hall–Kier alpha value is -2.61. The Morgan fingerprint density at radius 2 is 2.32 bits per heavy atom. The summed E-state index contributed by atoms with van der Waals surface area (Å²) in [6, 6.07) is 5.56. The molecule has 0 radical (unpaired) electrons. The highest BCUT2D eigenvalue weighted by atomic mass is 16.6. The molecule has 2 aliphatic rings. The minimum absolute atomic E-state index is 0.139. The molecule has 4 rings (SSSR count). The van der Waals surface area contributed by atoms with Crippen molar-refractivity contribution in [2.45, 2.75) is 19.4 Å². The van der Waals surface area contributed by atoms with Gasteiger partial charge in [-0.25, -0.2) is 4.63 Å². The van der Waals surface area contributed by atoms with Crippen LogP contribution in [0.1, 0.15) is 22.9 Å². The zero-order valence-electron chi connectivity index (χ0n) is 14.1. The summed E-state index contributed by atoms with van der Waals surface area (Å²) in [5, 5.41) is 17.6. The number of aromatic nitrogens is 2. The number of likely N-dealkylation sites (tertiary alicyclic amines) is 1. The van der Waals surface area contributed by atoms with Crippen molar-refractivity contribution in [2.75, 3.05) is 26.8 Å². The van der Waals surface area contributed by atoms with E-state index in [1.165, 1.54) is 0 Å². The van der Waals surface area contributed by atoms with Crippen LogP contribution in [0.2, 0.25) is 0 Å². The summed E-state index contributed by atoms with van der Waals surface area (Å²) < 4.78 is 15.8. The second-order valence-electron chi connectivity index (χ2n) is 6.67. The molecule has 0 saturated carbocycles. The number of fused-ring (bicyclic) bond motifs is 3. The summed E-state index contributed by atoms with van der Waals surface area (Å²) >= 11 is 0. The van der Waals surface area contributed by atoms with Gasteiger partial charge in [0.25, 0.3) is 0 Å². The van der Waals surface area contributed by atoms with E-state index in [1.54, 1.807) is 7.11 Å². The second-order valence-corrected chi connectivity index (χ2v) is 6.67. The van der Waals surface area contributed by atoms with Crippen LogP contribution in [-0.2, 0) is 11.3 Å². The quantitative estimate of drug-likeness (QED) is 0.889. The lowest BCUT2D eigenvalue weighted by molar-refractivity contribution is -0.151. The van der Waals surface area contributed by atoms with Crippen LogP contribution in [0.25, 0.3) is 0 Å². The third-order valence-electron chi connectivity index (χ3n) is 5.24. The highest BCUT2D eigenvalue weighted by molar-refractivity contribution is 5.78. The molecule has 1 N–H and O–H groups in total. The second kappa shape index (κ2) is 5.73. The molecule has 2 aliphatic heterocycles. The van der Waals surface area contributed by atoms with Crippen molar-refractivity contribution in [3.8, 4) is 11.5 Å². The molecule has 1 saturated heterocycles. The Balaban J connectivity index is 1.67. The summed E-state index contributed by atoms with van der Waals surface area (Å²) in [6.45, 7) is 3.48. The molecule has 1 aromatic heterocycles. The molecular weight excluding hydrogens is 326 g/mol. The van der Waals surface area contributed by atoms with Crippen molar-refractivity contribution in [1.82, 2.24) is 15.2 Å². The first kappa shape index (κ1) is 15.9. The Morgan fingerprint density at radius 3 is 3.00 bits per heavy atom. The van der Waals surface area contributed by atoms with Crippen LogP contribution in [0.5, 0.6) is 11.5 Å². The van der Waals surface area contributed by atoms with Crippen LogP contribution >= 0.6 is 0 Å². The highest BCUT2D eigenvalue weighted by Crippen LogP contribution is 2.50. The fourth-order valence-corrected chi connectivity index (χ4v) is 3.81. The number of nitrogens with zero attached hydrogens (tertiary/aromatic N) is 3. The van der Waals surface area contributed by atoms with E-state index in [9.17, 15) is 9.90 Å². The molecule has 0 aliphatic carbocycles. The predicted molar refractivity (Wildman–Crippen MR) is 85.6 cm³/mol. The third kappa shape index (κ3) is 2.44. The smallest absolute Gasteiger partial charge is 0.315 e. The number of aliphatic carboxylic acids is 1. The number of ether oxygens (including phenoxy) is 2. The molecule has 2 atom stereocenters. The Labute approximate surface area is 144 Å². The maximum atomic E-state index is 12.1. The lowest BCUT2D eigenvalue weighted by Crippen LogP contribution is -2.45. The molecule has 1 fully saturated rings. The number of carboxylic acids is 1.